The van der Waals surface area contributed by atoms with Crippen molar-refractivity contribution < 1.29 is 9.47 Å². The zero-order chi connectivity index (χ0) is 21.0. The zero-order valence-electron chi connectivity index (χ0n) is 18.1. The molecule has 1 aromatic heterocycles. The zero-order valence-corrected chi connectivity index (χ0v) is 20.4. The molecule has 0 saturated carbocycles. The molecule has 3 rings (SSSR count). The molecule has 170 valence electrons. The number of nitrogens with zero attached hydrogens (tertiary/aromatic N) is 2. The van der Waals surface area contributed by atoms with Crippen LogP contribution in [-0.4, -0.2) is 50.0 Å². The molecule has 1 saturated heterocycles. The Bertz CT molecular complexity index is 848. The first kappa shape index (κ1) is 25.4. The Labute approximate surface area is 201 Å². The van der Waals surface area contributed by atoms with Crippen LogP contribution in [-0.2, 0) is 22.6 Å². The van der Waals surface area contributed by atoms with Crippen LogP contribution in [0, 0.1) is 0 Å². The smallest absolute Gasteiger partial charge is 0.250 e. The number of nitrogens with one attached hydrogen (secondary N) is 2. The highest BCUT2D eigenvalue weighted by atomic mass is 127. The molecule has 8 heteroatoms. The molecule has 7 nitrogen and oxygen atoms in total. The van der Waals surface area contributed by atoms with Crippen LogP contribution in [0.2, 0.25) is 0 Å². The fourth-order valence-electron chi connectivity index (χ4n) is 3.33. The number of hydrogen-bond acceptors (Lipinski definition) is 4. The van der Waals surface area contributed by atoms with Crippen LogP contribution in [0.3, 0.4) is 0 Å². The highest BCUT2D eigenvalue weighted by molar-refractivity contribution is 14.0. The van der Waals surface area contributed by atoms with Gasteiger partial charge in [0, 0.05) is 45.6 Å². The lowest BCUT2D eigenvalue weighted by Gasteiger charge is -2.13. The maximum atomic E-state index is 11.8. The van der Waals surface area contributed by atoms with E-state index in [4.69, 9.17) is 9.47 Å². The summed E-state index contributed by atoms with van der Waals surface area (Å²) < 4.78 is 12.9. The molecule has 2 N–H and O–H groups in total. The summed E-state index contributed by atoms with van der Waals surface area (Å²) >= 11 is 0. The minimum Gasteiger partial charge on any atom is -0.379 e. The fraction of sp³-hybridized carbons (Fsp3) is 0.478. The molecule has 1 aliphatic rings. The maximum absolute atomic E-state index is 11.8. The summed E-state index contributed by atoms with van der Waals surface area (Å²) in [7, 11) is 1.77. The minimum atomic E-state index is 0. The lowest BCUT2D eigenvalue weighted by molar-refractivity contribution is 0.0168. The third-order valence-electron chi connectivity index (χ3n) is 5.04. The van der Waals surface area contributed by atoms with Gasteiger partial charge in [0.25, 0.3) is 5.56 Å². The van der Waals surface area contributed by atoms with E-state index in [1.165, 1.54) is 0 Å². The summed E-state index contributed by atoms with van der Waals surface area (Å²) in [6.07, 6.45) is 5.27. The molecule has 1 aliphatic heterocycles. The van der Waals surface area contributed by atoms with E-state index >= 15 is 0 Å². The molecule has 1 unspecified atom stereocenters. The molecular weight excluding hydrogens is 507 g/mol. The van der Waals surface area contributed by atoms with Crippen LogP contribution in [0.4, 0.5) is 0 Å². The maximum Gasteiger partial charge on any atom is 0.250 e. The monoisotopic (exact) mass is 540 g/mol. The Morgan fingerprint density at radius 1 is 1.19 bits per heavy atom. The summed E-state index contributed by atoms with van der Waals surface area (Å²) in [5.74, 6) is 0.772. The molecule has 1 fully saturated rings. The normalized spacial score (nSPS) is 16.0. The van der Waals surface area contributed by atoms with E-state index < -0.39 is 0 Å². The summed E-state index contributed by atoms with van der Waals surface area (Å²) in [6.45, 7) is 4.34. The second-order valence-electron chi connectivity index (χ2n) is 7.40. The topological polar surface area (TPSA) is 76.9 Å². The number of benzene rings is 1. The quantitative estimate of drug-likeness (QED) is 0.210. The van der Waals surface area contributed by atoms with Crippen molar-refractivity contribution in [1.82, 2.24) is 15.2 Å². The Balaban J connectivity index is 0.00000341. The fourth-order valence-corrected chi connectivity index (χ4v) is 3.33. The number of aromatic nitrogens is 1. The predicted molar refractivity (Wildman–Crippen MR) is 134 cm³/mol. The number of aliphatic imine (C=N–C) groups is 1. The summed E-state index contributed by atoms with van der Waals surface area (Å²) in [6, 6.07) is 13.5. The van der Waals surface area contributed by atoms with E-state index in [-0.39, 0.29) is 35.6 Å². The molecule has 1 aromatic carbocycles. The van der Waals surface area contributed by atoms with E-state index in [9.17, 15) is 4.79 Å². The average Bonchev–Trinajstić information content (AvgIpc) is 3.29. The molecule has 0 radical (unpaired) electrons. The third-order valence-corrected chi connectivity index (χ3v) is 5.04. The molecular formula is C23H33IN4O3. The lowest BCUT2D eigenvalue weighted by atomic mass is 10.1. The van der Waals surface area contributed by atoms with Gasteiger partial charge in [-0.2, -0.15) is 0 Å². The molecule has 0 aliphatic carbocycles. The van der Waals surface area contributed by atoms with Gasteiger partial charge in [-0.25, -0.2) is 0 Å². The molecule has 2 aromatic rings. The standard InChI is InChI=1S/C23H32N4O3.HI/c1-24-23(25-12-5-14-29-18-21-6-4-15-30-21)26-16-19-8-10-20(11-9-19)17-27-13-3-2-7-22(27)28;/h2-3,7-11,13,21H,4-6,12,14-18H2,1H3,(H2,24,25,26);1H. The summed E-state index contributed by atoms with van der Waals surface area (Å²) in [4.78, 5) is 16.1. The second kappa shape index (κ2) is 14.2. The largest absolute Gasteiger partial charge is 0.379 e. The van der Waals surface area contributed by atoms with Crippen molar-refractivity contribution in [2.45, 2.75) is 38.5 Å². The van der Waals surface area contributed by atoms with Crippen molar-refractivity contribution in [3.63, 3.8) is 0 Å². The van der Waals surface area contributed by atoms with Crippen LogP contribution < -0.4 is 16.2 Å². The van der Waals surface area contributed by atoms with Crippen molar-refractivity contribution in [2.75, 3.05) is 33.4 Å². The summed E-state index contributed by atoms with van der Waals surface area (Å²) in [5, 5.41) is 6.63. The number of ether oxygens (including phenoxy) is 2. The van der Waals surface area contributed by atoms with Gasteiger partial charge in [-0.1, -0.05) is 30.3 Å². The highest BCUT2D eigenvalue weighted by Gasteiger charge is 2.14. The van der Waals surface area contributed by atoms with Gasteiger partial charge in [0.15, 0.2) is 5.96 Å². The van der Waals surface area contributed by atoms with Crippen molar-refractivity contribution >= 4 is 29.9 Å². The van der Waals surface area contributed by atoms with Gasteiger partial charge < -0.3 is 24.7 Å². The van der Waals surface area contributed by atoms with Gasteiger partial charge in [0.2, 0.25) is 0 Å². The van der Waals surface area contributed by atoms with Gasteiger partial charge in [-0.05, 0) is 36.5 Å². The van der Waals surface area contributed by atoms with Crippen molar-refractivity contribution in [3.05, 3.63) is 70.1 Å². The van der Waals surface area contributed by atoms with E-state index in [0.29, 0.717) is 19.7 Å². The Kier molecular flexibility index (Phi) is 11.6. The Morgan fingerprint density at radius 3 is 2.71 bits per heavy atom. The first-order valence-electron chi connectivity index (χ1n) is 10.6. The van der Waals surface area contributed by atoms with Gasteiger partial charge in [0.1, 0.15) is 0 Å². The van der Waals surface area contributed by atoms with Crippen LogP contribution in [0.25, 0.3) is 0 Å². The van der Waals surface area contributed by atoms with E-state index in [1.807, 2.05) is 6.07 Å². The predicted octanol–water partition coefficient (Wildman–Crippen LogP) is 2.77. The first-order chi connectivity index (χ1) is 14.7. The van der Waals surface area contributed by atoms with E-state index in [1.54, 1.807) is 29.9 Å². The molecule has 31 heavy (non-hydrogen) atoms. The van der Waals surface area contributed by atoms with Crippen LogP contribution in [0.15, 0.2) is 58.4 Å². The highest BCUT2D eigenvalue weighted by Crippen LogP contribution is 2.11. The van der Waals surface area contributed by atoms with E-state index in [0.717, 1.165) is 56.1 Å². The Morgan fingerprint density at radius 2 is 2.00 bits per heavy atom. The average molecular weight is 540 g/mol. The van der Waals surface area contributed by atoms with Gasteiger partial charge >= 0.3 is 0 Å². The number of halogens is 1. The summed E-state index contributed by atoms with van der Waals surface area (Å²) in [5.41, 5.74) is 2.26. The van der Waals surface area contributed by atoms with Crippen LogP contribution in [0.1, 0.15) is 30.4 Å². The van der Waals surface area contributed by atoms with Crippen LogP contribution >= 0.6 is 24.0 Å². The molecule has 0 bridgehead atoms. The van der Waals surface area contributed by atoms with Gasteiger partial charge in [-0.15, -0.1) is 24.0 Å². The number of rotatable bonds is 10. The lowest BCUT2D eigenvalue weighted by Crippen LogP contribution is -2.37. The van der Waals surface area contributed by atoms with Crippen LogP contribution in [0.5, 0.6) is 0 Å². The van der Waals surface area contributed by atoms with E-state index in [2.05, 4.69) is 39.9 Å². The molecule has 0 spiro atoms. The van der Waals surface area contributed by atoms with Crippen molar-refractivity contribution in [1.29, 1.82) is 0 Å². The number of pyridine rings is 1. The van der Waals surface area contributed by atoms with Gasteiger partial charge in [0.05, 0.1) is 19.3 Å². The minimum absolute atomic E-state index is 0. The van der Waals surface area contributed by atoms with Crippen molar-refractivity contribution in [3.8, 4) is 0 Å². The second-order valence-corrected chi connectivity index (χ2v) is 7.40. The molecule has 0 amide bonds. The number of hydrogen-bond donors (Lipinski definition) is 2. The SMILES string of the molecule is CN=C(NCCCOCC1CCCO1)NCc1ccc(Cn2ccccc2=O)cc1.I. The van der Waals surface area contributed by atoms with Crippen molar-refractivity contribution in [2.24, 2.45) is 4.99 Å². The molecule has 1 atom stereocenters. The van der Waals surface area contributed by atoms with Gasteiger partial charge in [-0.3, -0.25) is 9.79 Å². The number of guanidine groups is 1. The third kappa shape index (κ3) is 9.00. The first-order valence-corrected chi connectivity index (χ1v) is 10.6. The molecule has 2 heterocycles. The Hall–Kier alpha value is -1.91.